The van der Waals surface area contributed by atoms with Crippen molar-refractivity contribution in [1.29, 1.82) is 0 Å². The number of carbonyl (C=O) groups excluding carboxylic acids is 1. The second-order valence-electron chi connectivity index (χ2n) is 7.56. The number of para-hydroxylation sites is 1. The van der Waals surface area contributed by atoms with Crippen molar-refractivity contribution in [2.75, 3.05) is 5.32 Å². The molecular weight excluding hydrogens is 463 g/mol. The summed E-state index contributed by atoms with van der Waals surface area (Å²) in [4.78, 5) is 29.5. The van der Waals surface area contributed by atoms with Crippen molar-refractivity contribution in [2.24, 2.45) is 0 Å². The minimum absolute atomic E-state index is 0.0000133. The van der Waals surface area contributed by atoms with Crippen LogP contribution in [-0.4, -0.2) is 25.2 Å². The Labute approximate surface area is 195 Å². The van der Waals surface area contributed by atoms with Crippen LogP contribution < -0.4 is 10.9 Å². The van der Waals surface area contributed by atoms with Gasteiger partial charge in [0.2, 0.25) is 5.95 Å². The topological polar surface area (TPSA) is 95.0 Å². The lowest BCUT2D eigenvalue weighted by Gasteiger charge is -2.10. The van der Waals surface area contributed by atoms with E-state index >= 15 is 0 Å². The molecule has 0 aliphatic rings. The van der Waals surface area contributed by atoms with Crippen LogP contribution >= 0.6 is 0 Å². The highest BCUT2D eigenvalue weighted by Crippen LogP contribution is 2.32. The van der Waals surface area contributed by atoms with Gasteiger partial charge in [-0.2, -0.15) is 23.0 Å². The molecule has 1 amide bonds. The van der Waals surface area contributed by atoms with Crippen molar-refractivity contribution in [3.05, 3.63) is 106 Å². The molecule has 0 aliphatic heterocycles. The average molecular weight is 479 g/mol. The van der Waals surface area contributed by atoms with Gasteiger partial charge in [-0.25, -0.2) is 4.98 Å². The fourth-order valence-electron chi connectivity index (χ4n) is 3.57. The van der Waals surface area contributed by atoms with Gasteiger partial charge in [0.15, 0.2) is 0 Å². The van der Waals surface area contributed by atoms with Crippen molar-refractivity contribution >= 4 is 22.9 Å². The molecule has 11 heteroatoms. The molecule has 8 nitrogen and oxygen atoms in total. The Balaban J connectivity index is 1.54. The number of amides is 1. The van der Waals surface area contributed by atoms with E-state index in [0.717, 1.165) is 16.8 Å². The highest BCUT2D eigenvalue weighted by Gasteiger charge is 2.31. The molecule has 1 N–H and O–H groups in total. The lowest BCUT2D eigenvalue weighted by atomic mass is 10.2. The number of nitrogens with one attached hydrogen (secondary N) is 1. The van der Waals surface area contributed by atoms with Gasteiger partial charge in [-0.05, 0) is 48.5 Å². The number of nitrogens with zero attached hydrogens (tertiary/aromatic N) is 4. The quantitative estimate of drug-likeness (QED) is 0.401. The molecule has 0 fully saturated rings. The third-order valence-electron chi connectivity index (χ3n) is 5.23. The highest BCUT2D eigenvalue weighted by molar-refractivity contribution is 6.02. The Morgan fingerprint density at radius 2 is 1.80 bits per heavy atom. The summed E-state index contributed by atoms with van der Waals surface area (Å²) in [5, 5.41) is 6.73. The van der Waals surface area contributed by atoms with E-state index in [1.807, 2.05) is 0 Å². The maximum atomic E-state index is 13.2. The van der Waals surface area contributed by atoms with Gasteiger partial charge >= 0.3 is 6.18 Å². The van der Waals surface area contributed by atoms with Gasteiger partial charge in [-0.15, -0.1) is 0 Å². The summed E-state index contributed by atoms with van der Waals surface area (Å²) in [6.45, 7) is 0.113. The molecule has 0 bridgehead atoms. The number of halogens is 3. The van der Waals surface area contributed by atoms with Gasteiger partial charge in [0.25, 0.3) is 11.5 Å². The summed E-state index contributed by atoms with van der Waals surface area (Å²) in [6.07, 6.45) is -3.08. The Morgan fingerprint density at radius 3 is 2.51 bits per heavy atom. The van der Waals surface area contributed by atoms with Gasteiger partial charge < -0.3 is 8.98 Å². The van der Waals surface area contributed by atoms with E-state index < -0.39 is 23.2 Å². The highest BCUT2D eigenvalue weighted by atomic mass is 19.4. The zero-order chi connectivity index (χ0) is 24.6. The number of imidazole rings is 1. The number of fused-ring (bicyclic) bond motifs is 1. The minimum Gasteiger partial charge on any atom is -0.467 e. The average Bonchev–Trinajstić information content (AvgIpc) is 3.47. The van der Waals surface area contributed by atoms with Gasteiger partial charge in [0.1, 0.15) is 11.5 Å². The van der Waals surface area contributed by atoms with Crippen LogP contribution in [0, 0.1) is 0 Å². The van der Waals surface area contributed by atoms with Crippen LogP contribution in [0.1, 0.15) is 21.8 Å². The first-order chi connectivity index (χ1) is 16.8. The van der Waals surface area contributed by atoms with Gasteiger partial charge in [-0.1, -0.05) is 18.2 Å². The zero-order valence-corrected chi connectivity index (χ0v) is 17.9. The standard InChI is InChI=1S/C24H16F3N5O3/c25-24(26,27)15-8-10-20-19(13-15)28-23(31(20)14-17-7-4-12-35-17)29-22(34)18-9-11-21(33)32(30-18)16-5-2-1-3-6-16/h1-13H,14H2,(H,28,29,34). The molecule has 5 rings (SSSR count). The summed E-state index contributed by atoms with van der Waals surface area (Å²) >= 11 is 0. The number of aromatic nitrogens is 4. The van der Waals surface area contributed by atoms with Crippen LogP contribution in [0.3, 0.4) is 0 Å². The first-order valence-corrected chi connectivity index (χ1v) is 10.4. The van der Waals surface area contributed by atoms with Gasteiger partial charge in [-0.3, -0.25) is 14.9 Å². The van der Waals surface area contributed by atoms with E-state index in [1.54, 1.807) is 42.5 Å². The van der Waals surface area contributed by atoms with Crippen molar-refractivity contribution in [3.8, 4) is 5.69 Å². The largest absolute Gasteiger partial charge is 0.467 e. The van der Waals surface area contributed by atoms with Crippen LogP contribution in [0.25, 0.3) is 16.7 Å². The third kappa shape index (κ3) is 4.43. The molecule has 0 unspecified atom stereocenters. The summed E-state index contributed by atoms with van der Waals surface area (Å²) in [5.74, 6) is -0.183. The molecule has 0 spiro atoms. The summed E-state index contributed by atoms with van der Waals surface area (Å²) in [6, 6.07) is 17.5. The van der Waals surface area contributed by atoms with Crippen LogP contribution in [-0.2, 0) is 12.7 Å². The Kier molecular flexibility index (Phi) is 5.44. The maximum absolute atomic E-state index is 13.2. The number of furan rings is 1. The fraction of sp³-hybridized carbons (Fsp3) is 0.0833. The van der Waals surface area contributed by atoms with Crippen molar-refractivity contribution in [1.82, 2.24) is 19.3 Å². The number of carbonyl (C=O) groups is 1. The molecule has 0 saturated heterocycles. The number of hydrogen-bond acceptors (Lipinski definition) is 5. The third-order valence-corrected chi connectivity index (χ3v) is 5.23. The second kappa shape index (κ2) is 8.60. The Bertz CT molecular complexity index is 1570. The molecule has 5 aromatic rings. The van der Waals surface area contributed by atoms with E-state index in [4.69, 9.17) is 4.42 Å². The predicted octanol–water partition coefficient (Wildman–Crippen LogP) is 4.49. The van der Waals surface area contributed by atoms with Crippen LogP contribution in [0.2, 0.25) is 0 Å². The van der Waals surface area contributed by atoms with Crippen molar-refractivity contribution in [2.45, 2.75) is 12.7 Å². The monoisotopic (exact) mass is 479 g/mol. The predicted molar refractivity (Wildman–Crippen MR) is 120 cm³/mol. The molecule has 0 radical (unpaired) electrons. The van der Waals surface area contributed by atoms with E-state index in [1.165, 1.54) is 29.0 Å². The molecule has 2 aromatic carbocycles. The molecule has 176 valence electrons. The maximum Gasteiger partial charge on any atom is 0.416 e. The second-order valence-corrected chi connectivity index (χ2v) is 7.56. The molecular formula is C24H16F3N5O3. The van der Waals surface area contributed by atoms with E-state index in [-0.39, 0.29) is 23.7 Å². The minimum atomic E-state index is -4.54. The number of hydrogen-bond donors (Lipinski definition) is 1. The van der Waals surface area contributed by atoms with Crippen molar-refractivity contribution in [3.63, 3.8) is 0 Å². The molecule has 0 saturated carbocycles. The van der Waals surface area contributed by atoms with Crippen molar-refractivity contribution < 1.29 is 22.4 Å². The van der Waals surface area contributed by atoms with E-state index in [9.17, 15) is 22.8 Å². The first kappa shape index (κ1) is 22.1. The van der Waals surface area contributed by atoms with Crippen LogP contribution in [0.5, 0.6) is 0 Å². The molecule has 35 heavy (non-hydrogen) atoms. The SMILES string of the molecule is O=C(Nc1nc2cc(C(F)(F)F)ccc2n1Cc1ccco1)c1ccc(=O)n(-c2ccccc2)n1. The lowest BCUT2D eigenvalue weighted by Crippen LogP contribution is -2.25. The molecule has 0 atom stereocenters. The summed E-state index contributed by atoms with van der Waals surface area (Å²) in [5.41, 5.74) is -0.492. The summed E-state index contributed by atoms with van der Waals surface area (Å²) < 4.78 is 47.6. The smallest absolute Gasteiger partial charge is 0.416 e. The number of benzene rings is 2. The van der Waals surface area contributed by atoms with Crippen LogP contribution in [0.15, 0.2) is 88.3 Å². The molecule has 0 aliphatic carbocycles. The molecule has 3 heterocycles. The van der Waals surface area contributed by atoms with Gasteiger partial charge in [0.05, 0.1) is 35.1 Å². The van der Waals surface area contributed by atoms with Crippen LogP contribution in [0.4, 0.5) is 19.1 Å². The van der Waals surface area contributed by atoms with Gasteiger partial charge in [0, 0.05) is 6.07 Å². The lowest BCUT2D eigenvalue weighted by molar-refractivity contribution is -0.137. The first-order valence-electron chi connectivity index (χ1n) is 10.4. The van der Waals surface area contributed by atoms with E-state index in [0.29, 0.717) is 17.0 Å². The fourth-order valence-corrected chi connectivity index (χ4v) is 3.57. The zero-order valence-electron chi connectivity index (χ0n) is 17.9. The molecule has 3 aromatic heterocycles. The number of rotatable bonds is 5. The van der Waals surface area contributed by atoms with E-state index in [2.05, 4.69) is 15.4 Å². The Morgan fingerprint density at radius 1 is 1.00 bits per heavy atom. The number of anilines is 1. The normalized spacial score (nSPS) is 11.6. The summed E-state index contributed by atoms with van der Waals surface area (Å²) in [7, 11) is 0. The Hall–Kier alpha value is -4.67. The number of alkyl halides is 3.